The number of aromatic nitrogens is 2. The molecular weight excluding hydrogens is 210 g/mol. The molecule has 1 aliphatic heterocycles. The number of rotatable bonds is 3. The lowest BCUT2D eigenvalue weighted by atomic mass is 10.2. The van der Waals surface area contributed by atoms with Gasteiger partial charge < -0.3 is 14.6 Å². The molecule has 1 atom stereocenters. The maximum Gasteiger partial charge on any atom is 0.326 e. The van der Waals surface area contributed by atoms with Crippen LogP contribution >= 0.6 is 0 Å². The Hall–Kier alpha value is -1.85. The van der Waals surface area contributed by atoms with E-state index in [0.29, 0.717) is 19.4 Å². The van der Waals surface area contributed by atoms with Crippen molar-refractivity contribution in [3.8, 4) is 0 Å². The van der Waals surface area contributed by atoms with Gasteiger partial charge in [-0.1, -0.05) is 0 Å². The molecule has 0 saturated carbocycles. The number of carboxylic acid groups (broad SMARTS) is 1. The second-order valence-corrected chi connectivity index (χ2v) is 3.91. The molecule has 0 bridgehead atoms. The number of imidazole rings is 1. The number of hydrogen-bond acceptors (Lipinski definition) is 3. The Labute approximate surface area is 92.5 Å². The average Bonchev–Trinajstić information content (AvgIpc) is 2.76. The molecular formula is C10H13N3O3. The molecule has 1 aromatic heterocycles. The number of carbonyl (C=O) groups is 2. The summed E-state index contributed by atoms with van der Waals surface area (Å²) in [6.07, 6.45) is 3.98. The third-order valence-corrected chi connectivity index (χ3v) is 2.86. The third-order valence-electron chi connectivity index (χ3n) is 2.86. The summed E-state index contributed by atoms with van der Waals surface area (Å²) >= 11 is 0. The molecule has 16 heavy (non-hydrogen) atoms. The van der Waals surface area contributed by atoms with Crippen LogP contribution in [0.25, 0.3) is 0 Å². The summed E-state index contributed by atoms with van der Waals surface area (Å²) in [4.78, 5) is 27.9. The van der Waals surface area contributed by atoms with E-state index < -0.39 is 12.0 Å². The molecule has 1 amide bonds. The van der Waals surface area contributed by atoms with E-state index in [1.165, 1.54) is 4.90 Å². The molecule has 0 spiro atoms. The van der Waals surface area contributed by atoms with Gasteiger partial charge in [-0.15, -0.1) is 0 Å². The monoisotopic (exact) mass is 223 g/mol. The Morgan fingerprint density at radius 2 is 2.44 bits per heavy atom. The molecule has 1 saturated heterocycles. The van der Waals surface area contributed by atoms with E-state index in [1.807, 2.05) is 7.05 Å². The van der Waals surface area contributed by atoms with Gasteiger partial charge in [-0.3, -0.25) is 4.79 Å². The first-order chi connectivity index (χ1) is 7.59. The quantitative estimate of drug-likeness (QED) is 0.782. The molecule has 1 fully saturated rings. The smallest absolute Gasteiger partial charge is 0.326 e. The molecule has 0 aliphatic carbocycles. The third kappa shape index (κ3) is 1.78. The fourth-order valence-electron chi connectivity index (χ4n) is 1.90. The maximum absolute atomic E-state index is 11.6. The fourth-order valence-corrected chi connectivity index (χ4v) is 1.90. The molecule has 1 N–H and O–H groups in total. The molecule has 2 heterocycles. The van der Waals surface area contributed by atoms with E-state index in [2.05, 4.69) is 4.98 Å². The van der Waals surface area contributed by atoms with E-state index >= 15 is 0 Å². The lowest BCUT2D eigenvalue weighted by Gasteiger charge is -2.21. The van der Waals surface area contributed by atoms with Gasteiger partial charge in [0.15, 0.2) is 0 Å². The van der Waals surface area contributed by atoms with Crippen molar-refractivity contribution in [1.29, 1.82) is 0 Å². The topological polar surface area (TPSA) is 75.4 Å². The highest BCUT2D eigenvalue weighted by atomic mass is 16.4. The van der Waals surface area contributed by atoms with Crippen molar-refractivity contribution in [2.45, 2.75) is 25.4 Å². The van der Waals surface area contributed by atoms with Crippen LogP contribution in [0.1, 0.15) is 18.5 Å². The number of aliphatic carboxylic acids is 1. The highest BCUT2D eigenvalue weighted by Crippen LogP contribution is 2.21. The average molecular weight is 223 g/mol. The molecule has 86 valence electrons. The van der Waals surface area contributed by atoms with E-state index in [-0.39, 0.29) is 5.91 Å². The van der Waals surface area contributed by atoms with Crippen LogP contribution in [-0.2, 0) is 23.2 Å². The van der Waals surface area contributed by atoms with Crippen LogP contribution < -0.4 is 0 Å². The van der Waals surface area contributed by atoms with E-state index in [9.17, 15) is 9.59 Å². The van der Waals surface area contributed by atoms with Crippen LogP contribution in [0.5, 0.6) is 0 Å². The summed E-state index contributed by atoms with van der Waals surface area (Å²) in [5, 5.41) is 8.98. The molecule has 6 nitrogen and oxygen atoms in total. The van der Waals surface area contributed by atoms with Crippen LogP contribution in [0.15, 0.2) is 12.5 Å². The first-order valence-corrected chi connectivity index (χ1v) is 5.07. The Kier molecular flexibility index (Phi) is 2.64. The van der Waals surface area contributed by atoms with Crippen LogP contribution in [0.4, 0.5) is 0 Å². The number of likely N-dealkylation sites (tertiary alicyclic amines) is 1. The Bertz CT molecular complexity index is 427. The molecule has 2 rings (SSSR count). The summed E-state index contributed by atoms with van der Waals surface area (Å²) < 4.78 is 1.78. The minimum absolute atomic E-state index is 0.103. The predicted molar refractivity (Wildman–Crippen MR) is 54.4 cm³/mol. The summed E-state index contributed by atoms with van der Waals surface area (Å²) in [5.74, 6) is -1.04. The van der Waals surface area contributed by atoms with Crippen LogP contribution in [0.3, 0.4) is 0 Å². The zero-order valence-electron chi connectivity index (χ0n) is 8.96. The van der Waals surface area contributed by atoms with Crippen molar-refractivity contribution in [3.63, 3.8) is 0 Å². The first-order valence-electron chi connectivity index (χ1n) is 5.07. The molecule has 6 heteroatoms. The Balaban J connectivity index is 2.16. The van der Waals surface area contributed by atoms with Crippen molar-refractivity contribution >= 4 is 11.9 Å². The molecule has 1 aromatic rings. The van der Waals surface area contributed by atoms with E-state index in [1.54, 1.807) is 17.1 Å². The summed E-state index contributed by atoms with van der Waals surface area (Å²) in [7, 11) is 1.82. The van der Waals surface area contributed by atoms with Gasteiger partial charge in [0.05, 0.1) is 18.6 Å². The minimum Gasteiger partial charge on any atom is -0.480 e. The van der Waals surface area contributed by atoms with Crippen molar-refractivity contribution in [2.75, 3.05) is 0 Å². The molecule has 0 radical (unpaired) electrons. The Morgan fingerprint density at radius 3 is 3.00 bits per heavy atom. The van der Waals surface area contributed by atoms with Gasteiger partial charge in [0.1, 0.15) is 6.04 Å². The zero-order valence-corrected chi connectivity index (χ0v) is 8.96. The number of amides is 1. The van der Waals surface area contributed by atoms with Crippen LogP contribution in [-0.4, -0.2) is 37.5 Å². The number of aryl methyl sites for hydroxylation is 1. The standard InChI is InChI=1S/C10H13N3O3/c1-12-6-11-4-7(12)5-13-8(10(15)16)2-3-9(13)14/h4,6,8H,2-3,5H2,1H3,(H,15,16). The zero-order chi connectivity index (χ0) is 11.7. The van der Waals surface area contributed by atoms with E-state index in [4.69, 9.17) is 5.11 Å². The second-order valence-electron chi connectivity index (χ2n) is 3.91. The maximum atomic E-state index is 11.6. The van der Waals surface area contributed by atoms with Gasteiger partial charge in [-0.2, -0.15) is 0 Å². The lowest BCUT2D eigenvalue weighted by Crippen LogP contribution is -2.38. The van der Waals surface area contributed by atoms with Gasteiger partial charge >= 0.3 is 5.97 Å². The number of nitrogens with zero attached hydrogens (tertiary/aromatic N) is 3. The van der Waals surface area contributed by atoms with Crippen LogP contribution in [0, 0.1) is 0 Å². The lowest BCUT2D eigenvalue weighted by molar-refractivity contribution is -0.146. The van der Waals surface area contributed by atoms with Gasteiger partial charge in [0.2, 0.25) is 5.91 Å². The van der Waals surface area contributed by atoms with Gasteiger partial charge in [-0.25, -0.2) is 9.78 Å². The van der Waals surface area contributed by atoms with E-state index in [0.717, 1.165) is 5.69 Å². The van der Waals surface area contributed by atoms with Crippen molar-refractivity contribution < 1.29 is 14.7 Å². The first kappa shape index (κ1) is 10.7. The molecule has 1 aliphatic rings. The summed E-state index contributed by atoms with van der Waals surface area (Å²) in [6.45, 7) is 0.312. The Morgan fingerprint density at radius 1 is 1.69 bits per heavy atom. The molecule has 0 aromatic carbocycles. The predicted octanol–water partition coefficient (Wildman–Crippen LogP) is -0.00430. The highest BCUT2D eigenvalue weighted by molar-refractivity contribution is 5.87. The van der Waals surface area contributed by atoms with Crippen molar-refractivity contribution in [3.05, 3.63) is 18.2 Å². The van der Waals surface area contributed by atoms with Gasteiger partial charge in [-0.05, 0) is 6.42 Å². The second kappa shape index (κ2) is 3.96. The highest BCUT2D eigenvalue weighted by Gasteiger charge is 2.36. The number of hydrogen-bond donors (Lipinski definition) is 1. The summed E-state index contributed by atoms with van der Waals surface area (Å²) in [6, 6.07) is -0.692. The largest absolute Gasteiger partial charge is 0.480 e. The SMILES string of the molecule is Cn1cncc1CN1C(=O)CCC1C(=O)O. The van der Waals surface area contributed by atoms with Gasteiger partial charge in [0.25, 0.3) is 0 Å². The normalized spacial score (nSPS) is 20.4. The van der Waals surface area contributed by atoms with Crippen molar-refractivity contribution in [2.24, 2.45) is 7.05 Å². The van der Waals surface area contributed by atoms with Crippen molar-refractivity contribution in [1.82, 2.24) is 14.5 Å². The number of carbonyl (C=O) groups excluding carboxylic acids is 1. The minimum atomic E-state index is -0.937. The van der Waals surface area contributed by atoms with Gasteiger partial charge in [0, 0.05) is 19.7 Å². The molecule has 1 unspecified atom stereocenters. The fraction of sp³-hybridized carbons (Fsp3) is 0.500. The summed E-state index contributed by atoms with van der Waals surface area (Å²) in [5.41, 5.74) is 0.835. The number of carboxylic acids is 1. The van der Waals surface area contributed by atoms with Crippen LogP contribution in [0.2, 0.25) is 0 Å².